The van der Waals surface area contributed by atoms with E-state index >= 15 is 0 Å². The molecular formula is C26H28N4O2. The summed E-state index contributed by atoms with van der Waals surface area (Å²) in [6.45, 7) is 0.491. The number of benzene rings is 1. The first kappa shape index (κ1) is 20.6. The molecule has 164 valence electrons. The molecule has 6 nitrogen and oxygen atoms in total. The molecule has 2 aromatic heterocycles. The van der Waals surface area contributed by atoms with Gasteiger partial charge in [0.05, 0.1) is 24.0 Å². The lowest BCUT2D eigenvalue weighted by Crippen LogP contribution is -2.38. The SMILES string of the molecule is O=C(C1CCC(O)CC1)N1Cc2cccnc2Nc2ccc(CCc3ccccn3)cc21. The second kappa shape index (κ2) is 9.09. The number of aromatic nitrogens is 2. The zero-order chi connectivity index (χ0) is 21.9. The first-order valence-corrected chi connectivity index (χ1v) is 11.4. The molecule has 0 spiro atoms. The Morgan fingerprint density at radius 3 is 2.66 bits per heavy atom. The van der Waals surface area contributed by atoms with Gasteiger partial charge in [0.1, 0.15) is 5.82 Å². The Kier molecular flexibility index (Phi) is 5.86. The number of aryl methyl sites for hydroxylation is 2. The van der Waals surface area contributed by atoms with Gasteiger partial charge in [-0.25, -0.2) is 4.98 Å². The van der Waals surface area contributed by atoms with Crippen LogP contribution in [0.5, 0.6) is 0 Å². The molecule has 5 rings (SSSR count). The molecule has 1 aromatic carbocycles. The number of carbonyl (C=O) groups is 1. The van der Waals surface area contributed by atoms with Gasteiger partial charge in [0.25, 0.3) is 0 Å². The van der Waals surface area contributed by atoms with Crippen molar-refractivity contribution >= 4 is 23.1 Å². The van der Waals surface area contributed by atoms with Gasteiger partial charge in [0, 0.05) is 29.6 Å². The van der Waals surface area contributed by atoms with Crippen LogP contribution in [0.4, 0.5) is 17.2 Å². The number of nitrogens with one attached hydrogen (secondary N) is 1. The molecule has 2 N–H and O–H groups in total. The average Bonchev–Trinajstić information content (AvgIpc) is 3.00. The first-order chi connectivity index (χ1) is 15.7. The maximum atomic E-state index is 13.7. The minimum Gasteiger partial charge on any atom is -0.393 e. The Morgan fingerprint density at radius 2 is 1.84 bits per heavy atom. The molecule has 0 unspecified atom stereocenters. The highest BCUT2D eigenvalue weighted by molar-refractivity contribution is 5.99. The number of fused-ring (bicyclic) bond motifs is 2. The number of aliphatic hydroxyl groups excluding tert-OH is 1. The van der Waals surface area contributed by atoms with Crippen LogP contribution in [-0.4, -0.2) is 27.1 Å². The van der Waals surface area contributed by atoms with Crippen LogP contribution in [0.2, 0.25) is 0 Å². The van der Waals surface area contributed by atoms with E-state index in [4.69, 9.17) is 0 Å². The molecule has 2 aliphatic rings. The summed E-state index contributed by atoms with van der Waals surface area (Å²) < 4.78 is 0. The van der Waals surface area contributed by atoms with Crippen molar-refractivity contribution in [3.63, 3.8) is 0 Å². The molecule has 6 heteroatoms. The summed E-state index contributed by atoms with van der Waals surface area (Å²) in [5, 5.41) is 13.3. The summed E-state index contributed by atoms with van der Waals surface area (Å²) >= 11 is 0. The number of anilines is 3. The van der Waals surface area contributed by atoms with Crippen LogP contribution in [0.15, 0.2) is 60.9 Å². The van der Waals surface area contributed by atoms with E-state index in [9.17, 15) is 9.90 Å². The van der Waals surface area contributed by atoms with Gasteiger partial charge in [-0.2, -0.15) is 0 Å². The van der Waals surface area contributed by atoms with Crippen LogP contribution in [-0.2, 0) is 24.2 Å². The van der Waals surface area contributed by atoms with Gasteiger partial charge in [-0.3, -0.25) is 9.78 Å². The summed E-state index contributed by atoms with van der Waals surface area (Å²) in [6, 6.07) is 16.2. The second-order valence-electron chi connectivity index (χ2n) is 8.74. The molecule has 1 aliphatic carbocycles. The topological polar surface area (TPSA) is 78.3 Å². The quantitative estimate of drug-likeness (QED) is 0.644. The lowest BCUT2D eigenvalue weighted by Gasteiger charge is -2.31. The number of amides is 1. The Morgan fingerprint density at radius 1 is 1.00 bits per heavy atom. The van der Waals surface area contributed by atoms with Crippen LogP contribution >= 0.6 is 0 Å². The van der Waals surface area contributed by atoms with Crippen LogP contribution < -0.4 is 10.2 Å². The van der Waals surface area contributed by atoms with Crippen molar-refractivity contribution in [2.75, 3.05) is 10.2 Å². The van der Waals surface area contributed by atoms with E-state index in [1.165, 1.54) is 5.56 Å². The summed E-state index contributed by atoms with van der Waals surface area (Å²) in [4.78, 5) is 24.5. The van der Waals surface area contributed by atoms with E-state index in [1.54, 1.807) is 6.20 Å². The number of carbonyl (C=O) groups excluding carboxylic acids is 1. The fourth-order valence-corrected chi connectivity index (χ4v) is 4.68. The van der Waals surface area contributed by atoms with E-state index in [2.05, 4.69) is 33.5 Å². The van der Waals surface area contributed by atoms with Crippen LogP contribution in [0, 0.1) is 5.92 Å². The van der Waals surface area contributed by atoms with Gasteiger partial charge in [-0.15, -0.1) is 0 Å². The minimum atomic E-state index is -0.278. The van der Waals surface area contributed by atoms with Gasteiger partial charge in [0.2, 0.25) is 5.91 Å². The van der Waals surface area contributed by atoms with Gasteiger partial charge in [0.15, 0.2) is 0 Å². The van der Waals surface area contributed by atoms with E-state index in [1.807, 2.05) is 41.4 Å². The minimum absolute atomic E-state index is 0.0540. The molecule has 1 fully saturated rings. The Hall–Kier alpha value is -3.25. The predicted octanol–water partition coefficient (Wildman–Crippen LogP) is 4.40. The number of rotatable bonds is 4. The highest BCUT2D eigenvalue weighted by atomic mass is 16.3. The lowest BCUT2D eigenvalue weighted by molar-refractivity contribution is -0.124. The largest absolute Gasteiger partial charge is 0.393 e. The van der Waals surface area contributed by atoms with Gasteiger partial charge < -0.3 is 15.3 Å². The monoisotopic (exact) mass is 428 g/mol. The molecule has 0 atom stereocenters. The van der Waals surface area contributed by atoms with E-state index in [0.717, 1.165) is 54.1 Å². The molecular weight excluding hydrogens is 400 g/mol. The van der Waals surface area contributed by atoms with Crippen molar-refractivity contribution in [2.45, 2.75) is 51.2 Å². The van der Waals surface area contributed by atoms with Crippen molar-refractivity contribution in [3.05, 3.63) is 77.7 Å². The third-order valence-corrected chi connectivity index (χ3v) is 6.53. The summed E-state index contributed by atoms with van der Waals surface area (Å²) in [6.07, 6.45) is 7.87. The normalized spacial score (nSPS) is 20.0. The average molecular weight is 429 g/mol. The lowest BCUT2D eigenvalue weighted by atomic mass is 9.86. The number of aliphatic hydroxyl groups is 1. The van der Waals surface area contributed by atoms with Crippen LogP contribution in [0.1, 0.15) is 42.5 Å². The van der Waals surface area contributed by atoms with Crippen molar-refractivity contribution < 1.29 is 9.90 Å². The fraction of sp³-hybridized carbons (Fsp3) is 0.346. The van der Waals surface area contributed by atoms with Gasteiger partial charge in [-0.1, -0.05) is 18.2 Å². The summed E-state index contributed by atoms with van der Waals surface area (Å²) in [5.74, 6) is 0.879. The Balaban J connectivity index is 1.46. The number of hydrogen-bond acceptors (Lipinski definition) is 5. The maximum absolute atomic E-state index is 13.7. The Labute approximate surface area is 188 Å². The van der Waals surface area contributed by atoms with Crippen LogP contribution in [0.25, 0.3) is 0 Å². The van der Waals surface area contributed by atoms with Crippen molar-refractivity contribution in [3.8, 4) is 0 Å². The molecule has 0 saturated heterocycles. The zero-order valence-corrected chi connectivity index (χ0v) is 18.1. The predicted molar refractivity (Wildman–Crippen MR) is 125 cm³/mol. The molecule has 3 aromatic rings. The molecule has 3 heterocycles. The molecule has 0 bridgehead atoms. The van der Waals surface area contributed by atoms with Crippen LogP contribution in [0.3, 0.4) is 0 Å². The first-order valence-electron chi connectivity index (χ1n) is 11.4. The van der Waals surface area contributed by atoms with Crippen molar-refractivity contribution in [1.82, 2.24) is 9.97 Å². The van der Waals surface area contributed by atoms with E-state index in [-0.39, 0.29) is 17.9 Å². The van der Waals surface area contributed by atoms with Crippen molar-refractivity contribution in [1.29, 1.82) is 0 Å². The zero-order valence-electron chi connectivity index (χ0n) is 18.1. The smallest absolute Gasteiger partial charge is 0.230 e. The summed E-state index contributed by atoms with van der Waals surface area (Å²) in [7, 11) is 0. The van der Waals surface area contributed by atoms with Gasteiger partial charge >= 0.3 is 0 Å². The third-order valence-electron chi connectivity index (χ3n) is 6.53. The third kappa shape index (κ3) is 4.36. The van der Waals surface area contributed by atoms with Crippen molar-refractivity contribution in [2.24, 2.45) is 5.92 Å². The highest BCUT2D eigenvalue weighted by Gasteiger charge is 2.32. The standard InChI is InChI=1S/C26H28N4O2/c31-22-11-8-19(9-12-22)26(32)30-17-20-4-3-15-28-25(20)29-23-13-7-18(16-24(23)30)6-10-21-5-1-2-14-27-21/h1-5,7,13-16,19,22,31H,6,8-12,17H2,(H,28,29). The maximum Gasteiger partial charge on any atom is 0.230 e. The van der Waals surface area contributed by atoms with E-state index < -0.39 is 0 Å². The van der Waals surface area contributed by atoms with Gasteiger partial charge in [-0.05, 0) is 74.4 Å². The molecule has 1 amide bonds. The Bertz CT molecular complexity index is 1090. The molecule has 1 aliphatic heterocycles. The highest BCUT2D eigenvalue weighted by Crippen LogP contribution is 2.38. The fourth-order valence-electron chi connectivity index (χ4n) is 4.68. The second-order valence-corrected chi connectivity index (χ2v) is 8.74. The number of nitrogens with zero attached hydrogens (tertiary/aromatic N) is 3. The number of pyridine rings is 2. The molecule has 0 radical (unpaired) electrons. The number of hydrogen-bond donors (Lipinski definition) is 2. The van der Waals surface area contributed by atoms with E-state index in [0.29, 0.717) is 19.4 Å². The molecule has 1 saturated carbocycles. The summed E-state index contributed by atoms with van der Waals surface area (Å²) in [5.41, 5.74) is 5.03. The molecule has 32 heavy (non-hydrogen) atoms.